The van der Waals surface area contributed by atoms with Crippen LogP contribution in [0.15, 0.2) is 23.2 Å². The van der Waals surface area contributed by atoms with Gasteiger partial charge in [0.1, 0.15) is 0 Å². The number of thioether (sulfide) groups is 1. The van der Waals surface area contributed by atoms with Crippen LogP contribution in [-0.4, -0.2) is 51.1 Å². The zero-order valence-corrected chi connectivity index (χ0v) is 12.7. The van der Waals surface area contributed by atoms with Gasteiger partial charge in [-0.05, 0) is 18.2 Å². The first-order valence-corrected chi connectivity index (χ1v) is 7.61. The number of thiocarbonyl (C=S) groups is 1. The minimum atomic E-state index is -0.0388. The van der Waals surface area contributed by atoms with E-state index in [0.717, 1.165) is 5.69 Å². The maximum absolute atomic E-state index is 12.5. The van der Waals surface area contributed by atoms with Crippen molar-refractivity contribution in [2.75, 3.05) is 26.3 Å². The van der Waals surface area contributed by atoms with E-state index in [2.05, 4.69) is 0 Å². The fraction of sp³-hybridized carbons (Fsp3) is 0.385. The lowest BCUT2D eigenvalue weighted by Gasteiger charge is -2.33. The van der Waals surface area contributed by atoms with Crippen molar-refractivity contribution in [1.82, 2.24) is 14.6 Å². The van der Waals surface area contributed by atoms with Gasteiger partial charge in [0.05, 0.1) is 18.1 Å². The number of carbonyl (C=O) groups excluding carboxylic acids is 1. The quantitative estimate of drug-likeness (QED) is 0.611. The van der Waals surface area contributed by atoms with Crippen LogP contribution in [0.1, 0.15) is 5.69 Å². The Morgan fingerprint density at radius 2 is 2.15 bits per heavy atom. The first kappa shape index (κ1) is 13.8. The monoisotopic (exact) mass is 309 g/mol. The SMILES string of the molecule is Cn1cccc1C=C1SC(=S)N(N2CCOCC2)C1=O. The molecule has 0 atom stereocenters. The fourth-order valence-electron chi connectivity index (χ4n) is 2.22. The summed E-state index contributed by atoms with van der Waals surface area (Å²) >= 11 is 6.70. The van der Waals surface area contributed by atoms with Gasteiger partial charge in [-0.1, -0.05) is 24.0 Å². The third-order valence-electron chi connectivity index (χ3n) is 3.31. The molecular formula is C13H15N3O2S2. The van der Waals surface area contributed by atoms with Gasteiger partial charge in [0.25, 0.3) is 5.91 Å². The smallest absolute Gasteiger partial charge is 0.281 e. The lowest BCUT2D eigenvalue weighted by Crippen LogP contribution is -2.50. The van der Waals surface area contributed by atoms with Gasteiger partial charge < -0.3 is 9.30 Å². The highest BCUT2D eigenvalue weighted by atomic mass is 32.2. The molecule has 0 aromatic carbocycles. The summed E-state index contributed by atoms with van der Waals surface area (Å²) in [5, 5.41) is 3.57. The maximum atomic E-state index is 12.5. The summed E-state index contributed by atoms with van der Waals surface area (Å²) in [4.78, 5) is 13.2. The molecule has 20 heavy (non-hydrogen) atoms. The lowest BCUT2D eigenvalue weighted by atomic mass is 10.3. The van der Waals surface area contributed by atoms with Crippen LogP contribution < -0.4 is 0 Å². The van der Waals surface area contributed by atoms with Crippen molar-refractivity contribution < 1.29 is 9.53 Å². The molecule has 2 saturated heterocycles. The molecule has 3 rings (SSSR count). The molecule has 0 unspecified atom stereocenters. The van der Waals surface area contributed by atoms with Crippen LogP contribution in [0.3, 0.4) is 0 Å². The predicted octanol–water partition coefficient (Wildman–Crippen LogP) is 1.47. The second-order valence-corrected chi connectivity index (χ2v) is 6.28. The molecule has 0 radical (unpaired) electrons. The summed E-state index contributed by atoms with van der Waals surface area (Å²) in [6.07, 6.45) is 3.84. The number of morpholine rings is 1. The predicted molar refractivity (Wildman–Crippen MR) is 82.8 cm³/mol. The van der Waals surface area contributed by atoms with E-state index in [1.807, 2.05) is 41.0 Å². The maximum Gasteiger partial charge on any atom is 0.281 e. The third-order valence-corrected chi connectivity index (χ3v) is 4.59. The summed E-state index contributed by atoms with van der Waals surface area (Å²) in [6, 6.07) is 3.93. The van der Waals surface area contributed by atoms with Gasteiger partial charge in [0.2, 0.25) is 0 Å². The number of hydrazine groups is 1. The van der Waals surface area contributed by atoms with E-state index in [1.54, 1.807) is 5.01 Å². The molecule has 0 bridgehead atoms. The normalized spacial score (nSPS) is 23.1. The van der Waals surface area contributed by atoms with E-state index in [0.29, 0.717) is 35.5 Å². The van der Waals surface area contributed by atoms with Crippen molar-refractivity contribution in [2.45, 2.75) is 0 Å². The first-order chi connectivity index (χ1) is 9.66. The topological polar surface area (TPSA) is 37.7 Å². The average Bonchev–Trinajstić information content (AvgIpc) is 2.96. The van der Waals surface area contributed by atoms with E-state index in [9.17, 15) is 4.79 Å². The largest absolute Gasteiger partial charge is 0.379 e. The Balaban J connectivity index is 1.83. The van der Waals surface area contributed by atoms with E-state index < -0.39 is 0 Å². The van der Waals surface area contributed by atoms with Gasteiger partial charge in [-0.15, -0.1) is 0 Å². The molecule has 5 nitrogen and oxygen atoms in total. The van der Waals surface area contributed by atoms with Crippen molar-refractivity contribution in [3.63, 3.8) is 0 Å². The minimum Gasteiger partial charge on any atom is -0.379 e. The second kappa shape index (κ2) is 5.69. The summed E-state index contributed by atoms with van der Waals surface area (Å²) in [5.74, 6) is -0.0388. The Bertz CT molecular complexity index is 576. The van der Waals surface area contributed by atoms with Crippen LogP contribution in [0.25, 0.3) is 6.08 Å². The third kappa shape index (κ3) is 2.54. The van der Waals surface area contributed by atoms with Crippen LogP contribution in [0.4, 0.5) is 0 Å². The van der Waals surface area contributed by atoms with Gasteiger partial charge in [0, 0.05) is 32.0 Å². The van der Waals surface area contributed by atoms with Crippen molar-refractivity contribution in [2.24, 2.45) is 7.05 Å². The second-order valence-electron chi connectivity index (χ2n) is 4.60. The molecule has 1 aromatic heterocycles. The number of rotatable bonds is 2. The Kier molecular flexibility index (Phi) is 3.93. The zero-order valence-electron chi connectivity index (χ0n) is 11.1. The summed E-state index contributed by atoms with van der Waals surface area (Å²) in [6.45, 7) is 2.66. The number of nitrogens with zero attached hydrogens (tertiary/aromatic N) is 3. The number of aryl methyl sites for hydroxylation is 1. The van der Waals surface area contributed by atoms with Crippen LogP contribution in [0, 0.1) is 0 Å². The highest BCUT2D eigenvalue weighted by Gasteiger charge is 2.36. The van der Waals surface area contributed by atoms with Crippen LogP contribution >= 0.6 is 24.0 Å². The van der Waals surface area contributed by atoms with Crippen molar-refractivity contribution >= 4 is 40.3 Å². The van der Waals surface area contributed by atoms with Crippen LogP contribution in [0.5, 0.6) is 0 Å². The molecule has 106 valence electrons. The van der Waals surface area contributed by atoms with Gasteiger partial charge in [-0.25, -0.2) is 10.0 Å². The summed E-state index contributed by atoms with van der Waals surface area (Å²) in [5.41, 5.74) is 0.993. The number of carbonyl (C=O) groups is 1. The van der Waals surface area contributed by atoms with E-state index >= 15 is 0 Å². The van der Waals surface area contributed by atoms with Crippen molar-refractivity contribution in [1.29, 1.82) is 0 Å². The highest BCUT2D eigenvalue weighted by Crippen LogP contribution is 2.33. The highest BCUT2D eigenvalue weighted by molar-refractivity contribution is 8.26. The number of hydrogen-bond donors (Lipinski definition) is 0. The standard InChI is InChI=1S/C13H15N3O2S2/c1-14-4-2-3-10(14)9-11-12(17)16(13(19)20-11)15-5-7-18-8-6-15/h2-4,9H,5-8H2,1H3. The molecule has 0 N–H and O–H groups in total. The molecule has 2 aliphatic heterocycles. The van der Waals surface area contributed by atoms with E-state index in [-0.39, 0.29) is 5.91 Å². The van der Waals surface area contributed by atoms with Crippen molar-refractivity contribution in [3.05, 3.63) is 28.9 Å². The van der Waals surface area contributed by atoms with Crippen molar-refractivity contribution in [3.8, 4) is 0 Å². The number of amides is 1. The van der Waals surface area contributed by atoms with Crippen LogP contribution in [-0.2, 0) is 16.6 Å². The average molecular weight is 309 g/mol. The molecule has 1 aromatic rings. The molecule has 2 aliphatic rings. The Morgan fingerprint density at radius 3 is 2.80 bits per heavy atom. The Morgan fingerprint density at radius 1 is 1.40 bits per heavy atom. The van der Waals surface area contributed by atoms with Gasteiger partial charge in [0.15, 0.2) is 4.32 Å². The zero-order chi connectivity index (χ0) is 14.1. The Hall–Kier alpha value is -1.15. The molecule has 1 amide bonds. The molecule has 2 fully saturated rings. The molecule has 0 aliphatic carbocycles. The number of aromatic nitrogens is 1. The summed E-state index contributed by atoms with van der Waals surface area (Å²) < 4.78 is 7.88. The first-order valence-electron chi connectivity index (χ1n) is 6.39. The number of ether oxygens (including phenoxy) is 1. The van der Waals surface area contributed by atoms with Gasteiger partial charge >= 0.3 is 0 Å². The molecule has 7 heteroatoms. The van der Waals surface area contributed by atoms with Gasteiger partial charge in [-0.3, -0.25) is 4.79 Å². The Labute approximate surface area is 127 Å². The molecule has 0 spiro atoms. The fourth-order valence-corrected chi connectivity index (χ4v) is 3.51. The molecule has 0 saturated carbocycles. The van der Waals surface area contributed by atoms with E-state index in [4.69, 9.17) is 17.0 Å². The lowest BCUT2D eigenvalue weighted by molar-refractivity contribution is -0.138. The minimum absolute atomic E-state index is 0.0388. The van der Waals surface area contributed by atoms with E-state index in [1.165, 1.54) is 11.8 Å². The summed E-state index contributed by atoms with van der Waals surface area (Å²) in [7, 11) is 1.95. The van der Waals surface area contributed by atoms with Crippen LogP contribution in [0.2, 0.25) is 0 Å². The molecular weight excluding hydrogens is 294 g/mol. The molecule has 3 heterocycles. The van der Waals surface area contributed by atoms with Gasteiger partial charge in [-0.2, -0.15) is 0 Å². The number of hydrogen-bond acceptors (Lipinski definition) is 5.